The molecule has 20 heavy (non-hydrogen) atoms. The van der Waals surface area contributed by atoms with E-state index in [1.165, 1.54) is 0 Å². The second-order valence-electron chi connectivity index (χ2n) is 4.94. The Morgan fingerprint density at radius 3 is 2.90 bits per heavy atom. The van der Waals surface area contributed by atoms with Crippen LogP contribution in [0.25, 0.3) is 0 Å². The molecule has 0 saturated carbocycles. The van der Waals surface area contributed by atoms with Crippen LogP contribution >= 0.6 is 0 Å². The van der Waals surface area contributed by atoms with E-state index in [0.29, 0.717) is 12.2 Å². The Balaban J connectivity index is 1.92. The normalized spacial score (nSPS) is 18.8. The van der Waals surface area contributed by atoms with Crippen molar-refractivity contribution in [1.82, 2.24) is 10.6 Å². The van der Waals surface area contributed by atoms with Crippen LogP contribution in [0.4, 0.5) is 5.69 Å². The zero-order chi connectivity index (χ0) is 14.6. The van der Waals surface area contributed by atoms with Gasteiger partial charge in [0.05, 0.1) is 12.3 Å². The van der Waals surface area contributed by atoms with Crippen LogP contribution in [0.3, 0.4) is 0 Å². The van der Waals surface area contributed by atoms with Crippen molar-refractivity contribution in [1.29, 1.82) is 0 Å². The number of anilines is 1. The molecule has 3 N–H and O–H groups in total. The first-order valence-corrected chi connectivity index (χ1v) is 8.41. The van der Waals surface area contributed by atoms with Crippen LogP contribution in [0.1, 0.15) is 18.4 Å². The van der Waals surface area contributed by atoms with Crippen LogP contribution in [0.2, 0.25) is 0 Å². The van der Waals surface area contributed by atoms with Crippen molar-refractivity contribution in [2.24, 2.45) is 0 Å². The number of sulfonamides is 1. The van der Waals surface area contributed by atoms with Gasteiger partial charge in [-0.15, -0.1) is 0 Å². The van der Waals surface area contributed by atoms with E-state index < -0.39 is 10.0 Å². The second-order valence-corrected chi connectivity index (χ2v) is 6.69. The standard InChI is InChI=1S/C13H19N3O3S/c1-20(18,19)16-11-5-2-4-10(8-11)9-15-13(17)12-6-3-7-14-12/h2,4-5,8,12,14,16H,3,6-7,9H2,1H3,(H,15,17). The van der Waals surface area contributed by atoms with Crippen LogP contribution < -0.4 is 15.4 Å². The summed E-state index contributed by atoms with van der Waals surface area (Å²) < 4.78 is 24.7. The summed E-state index contributed by atoms with van der Waals surface area (Å²) in [7, 11) is -3.29. The number of rotatable bonds is 5. The summed E-state index contributed by atoms with van der Waals surface area (Å²) in [4.78, 5) is 11.8. The fourth-order valence-electron chi connectivity index (χ4n) is 2.18. The van der Waals surface area contributed by atoms with Crippen molar-refractivity contribution in [2.75, 3.05) is 17.5 Å². The lowest BCUT2D eigenvalue weighted by atomic mass is 10.2. The quantitative estimate of drug-likeness (QED) is 0.735. The maximum absolute atomic E-state index is 11.8. The molecule has 1 amide bonds. The van der Waals surface area contributed by atoms with Gasteiger partial charge in [0.15, 0.2) is 0 Å². The summed E-state index contributed by atoms with van der Waals surface area (Å²) in [5.74, 6) is -0.0102. The second kappa shape index (κ2) is 6.23. The molecule has 110 valence electrons. The third-order valence-corrected chi connectivity index (χ3v) is 3.68. The van der Waals surface area contributed by atoms with Crippen molar-refractivity contribution in [3.05, 3.63) is 29.8 Å². The summed E-state index contributed by atoms with van der Waals surface area (Å²) in [6.45, 7) is 1.27. The van der Waals surface area contributed by atoms with E-state index in [1.807, 2.05) is 6.07 Å². The molecule has 1 heterocycles. The highest BCUT2D eigenvalue weighted by Crippen LogP contribution is 2.12. The zero-order valence-corrected chi connectivity index (χ0v) is 12.2. The van der Waals surface area contributed by atoms with Gasteiger partial charge >= 0.3 is 0 Å². The number of amides is 1. The minimum atomic E-state index is -3.29. The van der Waals surface area contributed by atoms with Crippen molar-refractivity contribution >= 4 is 21.6 Å². The molecule has 0 aromatic heterocycles. The third-order valence-electron chi connectivity index (χ3n) is 3.07. The Morgan fingerprint density at radius 2 is 2.25 bits per heavy atom. The molecule has 2 rings (SSSR count). The average Bonchev–Trinajstić information content (AvgIpc) is 2.88. The lowest BCUT2D eigenvalue weighted by molar-refractivity contribution is -0.122. The molecule has 0 spiro atoms. The molecule has 6 nitrogen and oxygen atoms in total. The van der Waals surface area contributed by atoms with Gasteiger partial charge < -0.3 is 10.6 Å². The largest absolute Gasteiger partial charge is 0.351 e. The number of hydrogen-bond acceptors (Lipinski definition) is 4. The minimum Gasteiger partial charge on any atom is -0.351 e. The highest BCUT2D eigenvalue weighted by molar-refractivity contribution is 7.92. The fraction of sp³-hybridized carbons (Fsp3) is 0.462. The maximum Gasteiger partial charge on any atom is 0.237 e. The lowest BCUT2D eigenvalue weighted by Gasteiger charge is -2.12. The third kappa shape index (κ3) is 4.50. The SMILES string of the molecule is CS(=O)(=O)Nc1cccc(CNC(=O)C2CCCN2)c1. The monoisotopic (exact) mass is 297 g/mol. The number of carbonyl (C=O) groups excluding carboxylic acids is 1. The van der Waals surface area contributed by atoms with Crippen molar-refractivity contribution in [3.63, 3.8) is 0 Å². The number of hydrogen-bond donors (Lipinski definition) is 3. The maximum atomic E-state index is 11.8. The Kier molecular flexibility index (Phi) is 4.61. The van der Waals surface area contributed by atoms with E-state index in [2.05, 4.69) is 15.4 Å². The van der Waals surface area contributed by atoms with Crippen molar-refractivity contribution in [2.45, 2.75) is 25.4 Å². The molecule has 1 saturated heterocycles. The highest BCUT2D eigenvalue weighted by atomic mass is 32.2. The van der Waals surface area contributed by atoms with Crippen molar-refractivity contribution in [3.8, 4) is 0 Å². The molecule has 7 heteroatoms. The molecule has 1 aliphatic heterocycles. The van der Waals surface area contributed by atoms with E-state index in [4.69, 9.17) is 0 Å². The summed E-state index contributed by atoms with van der Waals surface area (Å²) in [6.07, 6.45) is 2.99. The van der Waals surface area contributed by atoms with E-state index in [0.717, 1.165) is 31.2 Å². The minimum absolute atomic E-state index is 0.0102. The average molecular weight is 297 g/mol. The molecule has 1 aromatic rings. The smallest absolute Gasteiger partial charge is 0.237 e. The van der Waals surface area contributed by atoms with Crippen molar-refractivity contribution < 1.29 is 13.2 Å². The van der Waals surface area contributed by atoms with Gasteiger partial charge in [-0.2, -0.15) is 0 Å². The summed E-state index contributed by atoms with van der Waals surface area (Å²) >= 11 is 0. The van der Waals surface area contributed by atoms with Crippen LogP contribution in [-0.2, 0) is 21.4 Å². The van der Waals surface area contributed by atoms with Gasteiger partial charge in [0.25, 0.3) is 0 Å². The lowest BCUT2D eigenvalue weighted by Crippen LogP contribution is -2.39. The van der Waals surface area contributed by atoms with Gasteiger partial charge in [0.2, 0.25) is 15.9 Å². The first-order valence-electron chi connectivity index (χ1n) is 6.52. The van der Waals surface area contributed by atoms with E-state index in [9.17, 15) is 13.2 Å². The predicted octanol–water partition coefficient (Wildman–Crippen LogP) is 0.426. The van der Waals surface area contributed by atoms with Crippen LogP contribution in [0.15, 0.2) is 24.3 Å². The highest BCUT2D eigenvalue weighted by Gasteiger charge is 2.21. The first kappa shape index (κ1) is 14.8. The van der Waals surface area contributed by atoms with E-state index >= 15 is 0 Å². The zero-order valence-electron chi connectivity index (χ0n) is 11.3. The van der Waals surface area contributed by atoms with Crippen LogP contribution in [-0.4, -0.2) is 33.2 Å². The topological polar surface area (TPSA) is 87.3 Å². The number of nitrogens with one attached hydrogen (secondary N) is 3. The van der Waals surface area contributed by atoms with Crippen LogP contribution in [0.5, 0.6) is 0 Å². The van der Waals surface area contributed by atoms with Gasteiger partial charge in [-0.05, 0) is 37.1 Å². The molecule has 1 aromatic carbocycles. The molecule has 0 radical (unpaired) electrons. The molecule has 0 bridgehead atoms. The molecular formula is C13H19N3O3S. The molecular weight excluding hydrogens is 278 g/mol. The summed E-state index contributed by atoms with van der Waals surface area (Å²) in [6, 6.07) is 6.87. The van der Waals surface area contributed by atoms with E-state index in [-0.39, 0.29) is 11.9 Å². The molecule has 0 aliphatic carbocycles. The Morgan fingerprint density at radius 1 is 1.45 bits per heavy atom. The summed E-state index contributed by atoms with van der Waals surface area (Å²) in [5, 5.41) is 5.98. The molecule has 1 unspecified atom stereocenters. The fourth-order valence-corrected chi connectivity index (χ4v) is 2.73. The van der Waals surface area contributed by atoms with Gasteiger partial charge in [0, 0.05) is 12.2 Å². The Bertz CT molecular complexity index is 580. The summed E-state index contributed by atoms with van der Waals surface area (Å²) in [5.41, 5.74) is 1.35. The predicted molar refractivity (Wildman–Crippen MR) is 77.8 cm³/mol. The van der Waals surface area contributed by atoms with Gasteiger partial charge in [-0.25, -0.2) is 8.42 Å². The number of benzene rings is 1. The van der Waals surface area contributed by atoms with Crippen LogP contribution in [0, 0.1) is 0 Å². The molecule has 1 aliphatic rings. The number of carbonyl (C=O) groups is 1. The first-order chi connectivity index (χ1) is 9.44. The van der Waals surface area contributed by atoms with Gasteiger partial charge in [-0.3, -0.25) is 9.52 Å². The van der Waals surface area contributed by atoms with Gasteiger partial charge in [-0.1, -0.05) is 12.1 Å². The molecule has 1 atom stereocenters. The van der Waals surface area contributed by atoms with E-state index in [1.54, 1.807) is 18.2 Å². The molecule has 1 fully saturated rings. The van der Waals surface area contributed by atoms with Gasteiger partial charge in [0.1, 0.15) is 0 Å². The Hall–Kier alpha value is -1.60. The Labute approximate surface area is 119 Å².